The molecular weight excluding hydrogens is 278 g/mol. The lowest BCUT2D eigenvalue weighted by molar-refractivity contribution is -0.124. The van der Waals surface area contributed by atoms with Crippen molar-refractivity contribution in [2.75, 3.05) is 6.61 Å². The Morgan fingerprint density at radius 3 is 3.00 bits per heavy atom. The number of hydrogen-bond acceptors (Lipinski definition) is 4. The van der Waals surface area contributed by atoms with Crippen LogP contribution in [0.25, 0.3) is 0 Å². The highest BCUT2D eigenvalue weighted by molar-refractivity contribution is 5.78. The fourth-order valence-corrected chi connectivity index (χ4v) is 2.70. The molecule has 1 aromatic heterocycles. The minimum absolute atomic E-state index is 0.0164. The normalized spacial score (nSPS) is 16.7. The molecule has 1 aliphatic carbocycles. The summed E-state index contributed by atoms with van der Waals surface area (Å²) in [6, 6.07) is 9.32. The largest absolute Gasteiger partial charge is 0.484 e. The Balaban J connectivity index is 1.61. The van der Waals surface area contributed by atoms with Crippen LogP contribution in [-0.4, -0.2) is 22.5 Å². The summed E-state index contributed by atoms with van der Waals surface area (Å²) in [5.41, 5.74) is 2.08. The van der Waals surface area contributed by atoms with E-state index in [1.807, 2.05) is 43.5 Å². The number of aryl methyl sites for hydroxylation is 2. The second kappa shape index (κ2) is 6.56. The lowest BCUT2D eigenvalue weighted by Gasteiger charge is -2.25. The van der Waals surface area contributed by atoms with Gasteiger partial charge in [0.05, 0.1) is 6.04 Å². The van der Waals surface area contributed by atoms with Crippen molar-refractivity contribution in [1.82, 2.24) is 15.3 Å². The summed E-state index contributed by atoms with van der Waals surface area (Å²) in [5.74, 6) is 1.35. The van der Waals surface area contributed by atoms with Crippen molar-refractivity contribution >= 4 is 5.91 Å². The molecule has 0 saturated carbocycles. The van der Waals surface area contributed by atoms with Crippen LogP contribution in [0, 0.1) is 6.92 Å². The smallest absolute Gasteiger partial charge is 0.258 e. The third-order valence-electron chi connectivity index (χ3n) is 3.75. The zero-order valence-electron chi connectivity index (χ0n) is 12.6. The predicted octanol–water partition coefficient (Wildman–Crippen LogP) is 2.36. The van der Waals surface area contributed by atoms with Gasteiger partial charge in [-0.25, -0.2) is 9.97 Å². The zero-order chi connectivity index (χ0) is 15.4. The molecule has 0 bridgehead atoms. The molecule has 1 aliphatic rings. The van der Waals surface area contributed by atoms with Gasteiger partial charge in [0, 0.05) is 17.5 Å². The molecule has 1 aromatic carbocycles. The highest BCUT2D eigenvalue weighted by Gasteiger charge is 2.23. The van der Waals surface area contributed by atoms with E-state index in [0.29, 0.717) is 5.75 Å². The summed E-state index contributed by atoms with van der Waals surface area (Å²) >= 11 is 0. The van der Waals surface area contributed by atoms with E-state index in [9.17, 15) is 4.79 Å². The average Bonchev–Trinajstić information content (AvgIpc) is 2.54. The predicted molar refractivity (Wildman–Crippen MR) is 82.5 cm³/mol. The molecule has 0 fully saturated rings. The summed E-state index contributed by atoms with van der Waals surface area (Å²) < 4.78 is 5.47. The second-order valence-corrected chi connectivity index (χ2v) is 5.43. The third kappa shape index (κ3) is 3.42. The molecule has 1 N–H and O–H groups in total. The lowest BCUT2D eigenvalue weighted by Crippen LogP contribution is -2.34. The van der Waals surface area contributed by atoms with Gasteiger partial charge in [-0.05, 0) is 38.3 Å². The van der Waals surface area contributed by atoms with E-state index in [2.05, 4.69) is 15.3 Å². The summed E-state index contributed by atoms with van der Waals surface area (Å²) in [7, 11) is 0. The molecule has 0 radical (unpaired) electrons. The minimum Gasteiger partial charge on any atom is -0.484 e. The molecule has 3 rings (SSSR count). The van der Waals surface area contributed by atoms with Crippen LogP contribution in [0.1, 0.15) is 36.0 Å². The van der Waals surface area contributed by atoms with Crippen molar-refractivity contribution < 1.29 is 9.53 Å². The molecule has 114 valence electrons. The van der Waals surface area contributed by atoms with E-state index in [0.717, 1.165) is 36.3 Å². The number of carbonyl (C=O) groups is 1. The molecule has 0 spiro atoms. The Bertz CT molecular complexity index is 658. The monoisotopic (exact) mass is 297 g/mol. The molecular formula is C17H19N3O2. The van der Waals surface area contributed by atoms with E-state index >= 15 is 0 Å². The van der Waals surface area contributed by atoms with Crippen LogP contribution in [0.5, 0.6) is 5.75 Å². The Labute approximate surface area is 129 Å². The van der Waals surface area contributed by atoms with E-state index in [1.54, 1.807) is 0 Å². The van der Waals surface area contributed by atoms with Gasteiger partial charge in [0.1, 0.15) is 11.6 Å². The SMILES string of the molecule is Cc1ncc2c(n1)CCCC2NC(=O)COc1ccccc1. The van der Waals surface area contributed by atoms with Crippen molar-refractivity contribution in [2.24, 2.45) is 0 Å². The average molecular weight is 297 g/mol. The van der Waals surface area contributed by atoms with Crippen molar-refractivity contribution in [1.29, 1.82) is 0 Å². The quantitative estimate of drug-likeness (QED) is 0.941. The molecule has 0 aliphatic heterocycles. The second-order valence-electron chi connectivity index (χ2n) is 5.43. The number of carbonyl (C=O) groups excluding carboxylic acids is 1. The Morgan fingerprint density at radius 1 is 1.36 bits per heavy atom. The number of fused-ring (bicyclic) bond motifs is 1. The Kier molecular flexibility index (Phi) is 4.32. The first-order chi connectivity index (χ1) is 10.7. The number of ether oxygens (including phenoxy) is 1. The van der Waals surface area contributed by atoms with Crippen LogP contribution >= 0.6 is 0 Å². The highest BCUT2D eigenvalue weighted by Crippen LogP contribution is 2.27. The highest BCUT2D eigenvalue weighted by atomic mass is 16.5. The van der Waals surface area contributed by atoms with Crippen molar-refractivity contribution in [3.05, 3.63) is 53.6 Å². The first-order valence-corrected chi connectivity index (χ1v) is 7.52. The van der Waals surface area contributed by atoms with Gasteiger partial charge >= 0.3 is 0 Å². The number of para-hydroxylation sites is 1. The fourth-order valence-electron chi connectivity index (χ4n) is 2.70. The minimum atomic E-state index is -0.123. The number of rotatable bonds is 4. The van der Waals surface area contributed by atoms with Gasteiger partial charge in [-0.2, -0.15) is 0 Å². The van der Waals surface area contributed by atoms with Crippen molar-refractivity contribution in [3.63, 3.8) is 0 Å². The molecule has 1 amide bonds. The zero-order valence-corrected chi connectivity index (χ0v) is 12.6. The molecule has 0 saturated heterocycles. The number of benzene rings is 1. The van der Waals surface area contributed by atoms with Crippen LogP contribution in [0.3, 0.4) is 0 Å². The van der Waals surface area contributed by atoms with Crippen LogP contribution in [-0.2, 0) is 11.2 Å². The van der Waals surface area contributed by atoms with Crippen molar-refractivity contribution in [3.8, 4) is 5.75 Å². The number of hydrogen-bond donors (Lipinski definition) is 1. The molecule has 5 heteroatoms. The number of aromatic nitrogens is 2. The standard InChI is InChI=1S/C17H19N3O2/c1-12-18-10-14-15(19-12)8-5-9-16(14)20-17(21)11-22-13-6-3-2-4-7-13/h2-4,6-7,10,16H,5,8-9,11H2,1H3,(H,20,21). The van der Waals surface area contributed by atoms with E-state index in [1.165, 1.54) is 0 Å². The molecule has 5 nitrogen and oxygen atoms in total. The maximum Gasteiger partial charge on any atom is 0.258 e. The van der Waals surface area contributed by atoms with Crippen LogP contribution in [0.15, 0.2) is 36.5 Å². The summed E-state index contributed by atoms with van der Waals surface area (Å²) in [4.78, 5) is 20.8. The van der Waals surface area contributed by atoms with Crippen LogP contribution < -0.4 is 10.1 Å². The fraction of sp³-hybridized carbons (Fsp3) is 0.353. The number of nitrogens with one attached hydrogen (secondary N) is 1. The van der Waals surface area contributed by atoms with Crippen LogP contribution in [0.2, 0.25) is 0 Å². The van der Waals surface area contributed by atoms with Gasteiger partial charge in [-0.1, -0.05) is 18.2 Å². The third-order valence-corrected chi connectivity index (χ3v) is 3.75. The summed E-state index contributed by atoms with van der Waals surface area (Å²) in [6.07, 6.45) is 4.72. The lowest BCUT2D eigenvalue weighted by atomic mass is 9.92. The molecule has 1 heterocycles. The van der Waals surface area contributed by atoms with Gasteiger partial charge in [0.25, 0.3) is 5.91 Å². The molecule has 1 atom stereocenters. The van der Waals surface area contributed by atoms with E-state index < -0.39 is 0 Å². The molecule has 1 unspecified atom stereocenters. The Morgan fingerprint density at radius 2 is 2.18 bits per heavy atom. The van der Waals surface area contributed by atoms with Crippen molar-refractivity contribution in [2.45, 2.75) is 32.2 Å². The number of nitrogens with zero attached hydrogens (tertiary/aromatic N) is 2. The number of amides is 1. The summed E-state index contributed by atoms with van der Waals surface area (Å²) in [6.45, 7) is 1.90. The van der Waals surface area contributed by atoms with Crippen LogP contribution in [0.4, 0.5) is 0 Å². The summed E-state index contributed by atoms with van der Waals surface area (Å²) in [5, 5.41) is 3.02. The molecule has 22 heavy (non-hydrogen) atoms. The van der Waals surface area contributed by atoms with E-state index in [4.69, 9.17) is 4.74 Å². The Hall–Kier alpha value is -2.43. The first kappa shape index (κ1) is 14.5. The van der Waals surface area contributed by atoms with Gasteiger partial charge in [0.15, 0.2) is 6.61 Å². The molecule has 2 aromatic rings. The maximum absolute atomic E-state index is 12.1. The van der Waals surface area contributed by atoms with Gasteiger partial charge < -0.3 is 10.1 Å². The van der Waals surface area contributed by atoms with E-state index in [-0.39, 0.29) is 18.6 Å². The maximum atomic E-state index is 12.1. The first-order valence-electron chi connectivity index (χ1n) is 7.52. The van der Waals surface area contributed by atoms with Gasteiger partial charge in [-0.15, -0.1) is 0 Å². The topological polar surface area (TPSA) is 64.1 Å². The van der Waals surface area contributed by atoms with Gasteiger partial charge in [-0.3, -0.25) is 4.79 Å². The van der Waals surface area contributed by atoms with Gasteiger partial charge in [0.2, 0.25) is 0 Å².